The molecular formula is C20H32O4. The molecule has 4 atom stereocenters. The summed E-state index contributed by atoms with van der Waals surface area (Å²) in [6.45, 7) is 10.2. The molecule has 1 N–H and O–H groups in total. The van der Waals surface area contributed by atoms with Gasteiger partial charge in [0, 0.05) is 24.7 Å². The van der Waals surface area contributed by atoms with Crippen LogP contribution in [0.15, 0.2) is 11.6 Å². The van der Waals surface area contributed by atoms with Crippen LogP contribution in [0.3, 0.4) is 0 Å². The van der Waals surface area contributed by atoms with Crippen molar-refractivity contribution in [1.29, 1.82) is 0 Å². The number of ketones is 2. The molecule has 0 heterocycles. The molecule has 0 radical (unpaired) electrons. The number of allylic oxidation sites excluding steroid dienone is 1. The number of fused-ring (bicyclic) bond motifs is 1. The molecule has 2 aliphatic carbocycles. The van der Waals surface area contributed by atoms with Crippen LogP contribution >= 0.6 is 0 Å². The summed E-state index contributed by atoms with van der Waals surface area (Å²) in [7, 11) is 0. The zero-order chi connectivity index (χ0) is 18.1. The highest BCUT2D eigenvalue weighted by Crippen LogP contribution is 2.57. The van der Waals surface area contributed by atoms with Gasteiger partial charge in [-0.15, -0.1) is 0 Å². The smallest absolute Gasteiger partial charge is 0.156 e. The predicted molar refractivity (Wildman–Crippen MR) is 93.5 cm³/mol. The lowest BCUT2D eigenvalue weighted by Crippen LogP contribution is -2.56. The molecule has 2 aliphatic rings. The fourth-order valence-electron chi connectivity index (χ4n) is 4.85. The Morgan fingerprint density at radius 2 is 2.04 bits per heavy atom. The van der Waals surface area contributed by atoms with Gasteiger partial charge in [0.15, 0.2) is 5.78 Å². The van der Waals surface area contributed by atoms with Gasteiger partial charge in [0.1, 0.15) is 11.4 Å². The molecule has 0 aromatic rings. The Labute approximate surface area is 145 Å². The van der Waals surface area contributed by atoms with Gasteiger partial charge in [0.05, 0.1) is 0 Å². The van der Waals surface area contributed by atoms with Crippen LogP contribution in [0.2, 0.25) is 0 Å². The first kappa shape index (κ1) is 19.3. The largest absolute Gasteiger partial charge is 0.300 e. The van der Waals surface area contributed by atoms with Gasteiger partial charge in [-0.1, -0.05) is 27.7 Å². The van der Waals surface area contributed by atoms with Crippen molar-refractivity contribution in [2.24, 2.45) is 23.2 Å². The number of rotatable bonds is 6. The Morgan fingerprint density at radius 1 is 1.38 bits per heavy atom. The molecule has 0 aromatic carbocycles. The van der Waals surface area contributed by atoms with Crippen LogP contribution in [0.1, 0.15) is 73.1 Å². The molecule has 136 valence electrons. The fourth-order valence-corrected chi connectivity index (χ4v) is 4.85. The fraction of sp³-hybridized carbons (Fsp3) is 0.800. The lowest BCUT2D eigenvalue weighted by Gasteiger charge is -2.54. The van der Waals surface area contributed by atoms with Gasteiger partial charge in [-0.25, -0.2) is 4.89 Å². The molecule has 24 heavy (non-hydrogen) atoms. The van der Waals surface area contributed by atoms with Gasteiger partial charge in [-0.2, -0.15) is 0 Å². The van der Waals surface area contributed by atoms with Gasteiger partial charge < -0.3 is 0 Å². The van der Waals surface area contributed by atoms with Crippen molar-refractivity contribution in [2.75, 3.05) is 0 Å². The molecular weight excluding hydrogens is 304 g/mol. The molecule has 0 saturated heterocycles. The molecule has 0 spiro atoms. The first-order valence-corrected chi connectivity index (χ1v) is 9.19. The lowest BCUT2D eigenvalue weighted by atomic mass is 9.53. The summed E-state index contributed by atoms with van der Waals surface area (Å²) in [6.07, 6.45) is 5.72. The maximum atomic E-state index is 12.2. The molecule has 0 unspecified atom stereocenters. The minimum absolute atomic E-state index is 0.112. The number of Topliss-reactive ketones (excluding diaryl/α,β-unsaturated/α-hetero) is 1. The summed E-state index contributed by atoms with van der Waals surface area (Å²) in [4.78, 5) is 29.3. The zero-order valence-electron chi connectivity index (χ0n) is 15.7. The van der Waals surface area contributed by atoms with Crippen molar-refractivity contribution < 1.29 is 19.7 Å². The highest BCUT2D eigenvalue weighted by Gasteiger charge is 2.57. The van der Waals surface area contributed by atoms with Gasteiger partial charge in [-0.3, -0.25) is 14.8 Å². The predicted octanol–water partition coefficient (Wildman–Crippen LogP) is 4.58. The van der Waals surface area contributed by atoms with E-state index < -0.39 is 5.60 Å². The second kappa shape index (κ2) is 7.09. The monoisotopic (exact) mass is 336 g/mol. The molecule has 2 rings (SSSR count). The molecule has 4 nitrogen and oxygen atoms in total. The van der Waals surface area contributed by atoms with Gasteiger partial charge in [0.2, 0.25) is 0 Å². The van der Waals surface area contributed by atoms with E-state index in [1.54, 1.807) is 6.08 Å². The van der Waals surface area contributed by atoms with Crippen LogP contribution in [0.4, 0.5) is 0 Å². The van der Waals surface area contributed by atoms with Crippen LogP contribution in [0, 0.1) is 23.2 Å². The van der Waals surface area contributed by atoms with Crippen molar-refractivity contribution in [1.82, 2.24) is 0 Å². The molecule has 0 aliphatic heterocycles. The molecule has 0 bridgehead atoms. The van der Waals surface area contributed by atoms with E-state index in [1.165, 1.54) is 0 Å². The standard InChI is InChI=1S/C20H32O4/c1-13(2)8-17(21)9-14(3)16-6-7-19(5)12-18(22)10-15(4)20(19,11-16)24-23/h10,13-14,16,23H,6-9,11-12H2,1-5H3/t14-,16+,19+,20+/m0/s1. The molecule has 0 amide bonds. The highest BCUT2D eigenvalue weighted by molar-refractivity contribution is 5.92. The maximum Gasteiger partial charge on any atom is 0.156 e. The third-order valence-corrected chi connectivity index (χ3v) is 6.32. The first-order valence-electron chi connectivity index (χ1n) is 9.19. The van der Waals surface area contributed by atoms with Crippen molar-refractivity contribution in [3.8, 4) is 0 Å². The number of carbonyl (C=O) groups excluding carboxylic acids is 2. The van der Waals surface area contributed by atoms with Crippen molar-refractivity contribution in [2.45, 2.75) is 78.7 Å². The summed E-state index contributed by atoms with van der Waals surface area (Å²) in [5.74, 6) is 1.40. The summed E-state index contributed by atoms with van der Waals surface area (Å²) < 4.78 is 0. The Balaban J connectivity index is 2.16. The zero-order valence-corrected chi connectivity index (χ0v) is 15.7. The molecule has 0 aromatic heterocycles. The minimum Gasteiger partial charge on any atom is -0.300 e. The highest BCUT2D eigenvalue weighted by atomic mass is 17.1. The summed E-state index contributed by atoms with van der Waals surface area (Å²) >= 11 is 0. The summed E-state index contributed by atoms with van der Waals surface area (Å²) in [5, 5.41) is 9.78. The number of hydrogen-bond acceptors (Lipinski definition) is 4. The molecule has 1 fully saturated rings. The van der Waals surface area contributed by atoms with Crippen LogP contribution in [-0.2, 0) is 14.5 Å². The molecule has 4 heteroatoms. The first-order chi connectivity index (χ1) is 11.1. The summed E-state index contributed by atoms with van der Waals surface area (Å²) in [5.41, 5.74) is -0.344. The lowest BCUT2D eigenvalue weighted by molar-refractivity contribution is -0.352. The Kier molecular flexibility index (Phi) is 5.71. The average Bonchev–Trinajstić information content (AvgIpc) is 2.45. The van der Waals surface area contributed by atoms with E-state index in [9.17, 15) is 14.8 Å². The van der Waals surface area contributed by atoms with E-state index in [-0.39, 0.29) is 17.1 Å². The Morgan fingerprint density at radius 3 is 2.62 bits per heavy atom. The van der Waals surface area contributed by atoms with Gasteiger partial charge >= 0.3 is 0 Å². The quantitative estimate of drug-likeness (QED) is 0.569. The summed E-state index contributed by atoms with van der Waals surface area (Å²) in [6, 6.07) is 0. The van der Waals surface area contributed by atoms with Crippen molar-refractivity contribution in [3.05, 3.63) is 11.6 Å². The van der Waals surface area contributed by atoms with Gasteiger partial charge in [-0.05, 0) is 55.6 Å². The second-order valence-corrected chi connectivity index (χ2v) is 8.77. The normalized spacial score (nSPS) is 34.7. The Bertz CT molecular complexity index is 536. The maximum absolute atomic E-state index is 12.2. The van der Waals surface area contributed by atoms with E-state index in [0.29, 0.717) is 43.3 Å². The van der Waals surface area contributed by atoms with E-state index >= 15 is 0 Å². The number of hydrogen-bond donors (Lipinski definition) is 1. The third kappa shape index (κ3) is 3.50. The van der Waals surface area contributed by atoms with Crippen LogP contribution in [0.25, 0.3) is 0 Å². The Hall–Kier alpha value is -1.00. The van der Waals surface area contributed by atoms with Crippen molar-refractivity contribution in [3.63, 3.8) is 0 Å². The van der Waals surface area contributed by atoms with E-state index in [2.05, 4.69) is 20.8 Å². The molecule has 1 saturated carbocycles. The van der Waals surface area contributed by atoms with Crippen LogP contribution in [0.5, 0.6) is 0 Å². The average molecular weight is 336 g/mol. The van der Waals surface area contributed by atoms with E-state index in [1.807, 2.05) is 13.8 Å². The van der Waals surface area contributed by atoms with E-state index in [0.717, 1.165) is 18.4 Å². The number of carbonyl (C=O) groups is 2. The van der Waals surface area contributed by atoms with E-state index in [4.69, 9.17) is 4.89 Å². The SMILES string of the molecule is CC1=CC(=O)C[C@@]2(C)CC[C@@H]([C@@H](C)CC(=O)CC(C)C)C[C@@]12OO. The van der Waals surface area contributed by atoms with Crippen molar-refractivity contribution >= 4 is 11.6 Å². The topological polar surface area (TPSA) is 63.6 Å². The van der Waals surface area contributed by atoms with Crippen LogP contribution in [-0.4, -0.2) is 22.4 Å². The minimum atomic E-state index is -0.792. The third-order valence-electron chi connectivity index (χ3n) is 6.32. The van der Waals surface area contributed by atoms with Crippen LogP contribution < -0.4 is 0 Å². The van der Waals surface area contributed by atoms with Gasteiger partial charge in [0.25, 0.3) is 0 Å². The second-order valence-electron chi connectivity index (χ2n) is 8.77.